The van der Waals surface area contributed by atoms with Crippen LogP contribution in [0.1, 0.15) is 10.7 Å². The highest BCUT2D eigenvalue weighted by atomic mass is 32.1. The Morgan fingerprint density at radius 1 is 1.57 bits per heavy atom. The molecule has 0 saturated heterocycles. The van der Waals surface area contributed by atoms with Gasteiger partial charge in [-0.2, -0.15) is 10.4 Å². The standard InChI is InChI=1S/C8H7N5S/c9-2-1-7-4-14-8(12-7)3-13-6-10-5-11-13/h4-6H,1,3H2. The smallest absolute Gasteiger partial charge is 0.137 e. The van der Waals surface area contributed by atoms with Crippen LogP contribution in [0.4, 0.5) is 0 Å². The van der Waals surface area contributed by atoms with E-state index in [1.807, 2.05) is 5.38 Å². The minimum Gasteiger partial charge on any atom is -0.246 e. The zero-order valence-corrected chi connectivity index (χ0v) is 8.11. The molecule has 0 atom stereocenters. The van der Waals surface area contributed by atoms with E-state index < -0.39 is 0 Å². The van der Waals surface area contributed by atoms with Crippen molar-refractivity contribution in [2.45, 2.75) is 13.0 Å². The fourth-order valence-corrected chi connectivity index (χ4v) is 1.82. The van der Waals surface area contributed by atoms with Crippen molar-refractivity contribution in [3.05, 3.63) is 28.7 Å². The number of rotatable bonds is 3. The van der Waals surface area contributed by atoms with E-state index in [2.05, 4.69) is 21.1 Å². The van der Waals surface area contributed by atoms with Gasteiger partial charge in [-0.1, -0.05) is 0 Å². The van der Waals surface area contributed by atoms with Gasteiger partial charge in [-0.15, -0.1) is 11.3 Å². The Kier molecular flexibility index (Phi) is 2.51. The van der Waals surface area contributed by atoms with Gasteiger partial charge in [0.05, 0.1) is 24.7 Å². The third kappa shape index (κ3) is 1.95. The fraction of sp³-hybridized carbons (Fsp3) is 0.250. The van der Waals surface area contributed by atoms with E-state index in [4.69, 9.17) is 5.26 Å². The SMILES string of the molecule is N#CCc1csc(Cn2cncn2)n1. The first-order valence-corrected chi connectivity index (χ1v) is 4.89. The Hall–Kier alpha value is -1.74. The topological polar surface area (TPSA) is 67.4 Å². The van der Waals surface area contributed by atoms with Gasteiger partial charge < -0.3 is 0 Å². The number of nitrogens with zero attached hydrogens (tertiary/aromatic N) is 5. The van der Waals surface area contributed by atoms with Gasteiger partial charge in [-0.3, -0.25) is 0 Å². The summed E-state index contributed by atoms with van der Waals surface area (Å²) in [6, 6.07) is 2.07. The summed E-state index contributed by atoms with van der Waals surface area (Å²) in [5.74, 6) is 0. The number of nitriles is 1. The van der Waals surface area contributed by atoms with Crippen molar-refractivity contribution < 1.29 is 0 Å². The van der Waals surface area contributed by atoms with Gasteiger partial charge in [0.2, 0.25) is 0 Å². The zero-order chi connectivity index (χ0) is 9.80. The van der Waals surface area contributed by atoms with E-state index >= 15 is 0 Å². The second kappa shape index (κ2) is 3.98. The minimum atomic E-state index is 0.369. The first-order valence-electron chi connectivity index (χ1n) is 4.01. The van der Waals surface area contributed by atoms with E-state index in [0.717, 1.165) is 10.7 Å². The van der Waals surface area contributed by atoms with Gasteiger partial charge in [0, 0.05) is 5.38 Å². The molecule has 0 bridgehead atoms. The lowest BCUT2D eigenvalue weighted by atomic mass is 10.4. The number of aromatic nitrogens is 4. The third-order valence-corrected chi connectivity index (χ3v) is 2.51. The third-order valence-electron chi connectivity index (χ3n) is 1.62. The fourth-order valence-electron chi connectivity index (χ4n) is 1.04. The first-order chi connectivity index (χ1) is 6.88. The molecule has 0 saturated carbocycles. The van der Waals surface area contributed by atoms with Crippen LogP contribution in [0.25, 0.3) is 0 Å². The summed E-state index contributed by atoms with van der Waals surface area (Å²) < 4.78 is 1.70. The van der Waals surface area contributed by atoms with Crippen LogP contribution in [-0.2, 0) is 13.0 Å². The summed E-state index contributed by atoms with van der Waals surface area (Å²) in [6.45, 7) is 0.621. The summed E-state index contributed by atoms with van der Waals surface area (Å²) in [5.41, 5.74) is 0.826. The van der Waals surface area contributed by atoms with Gasteiger partial charge >= 0.3 is 0 Å². The first kappa shape index (κ1) is 8.84. The molecule has 0 aliphatic heterocycles. The molecule has 2 aromatic rings. The highest BCUT2D eigenvalue weighted by Crippen LogP contribution is 2.10. The molecule has 2 heterocycles. The van der Waals surface area contributed by atoms with Gasteiger partial charge in [-0.25, -0.2) is 14.6 Å². The van der Waals surface area contributed by atoms with Crippen LogP contribution in [0.5, 0.6) is 0 Å². The van der Waals surface area contributed by atoms with Crippen LogP contribution in [0, 0.1) is 11.3 Å². The molecule has 0 fully saturated rings. The Morgan fingerprint density at radius 2 is 2.50 bits per heavy atom. The maximum atomic E-state index is 8.47. The summed E-state index contributed by atoms with van der Waals surface area (Å²) in [5, 5.41) is 15.3. The molecule has 0 unspecified atom stereocenters. The van der Waals surface area contributed by atoms with Crippen molar-refractivity contribution in [1.82, 2.24) is 19.7 Å². The predicted octanol–water partition coefficient (Wildman–Crippen LogP) is 0.849. The molecule has 0 amide bonds. The lowest BCUT2D eigenvalue weighted by Gasteiger charge is -1.93. The van der Waals surface area contributed by atoms with Crippen LogP contribution in [-0.4, -0.2) is 19.7 Å². The van der Waals surface area contributed by atoms with Crippen LogP contribution < -0.4 is 0 Å². The van der Waals surface area contributed by atoms with Crippen LogP contribution in [0.2, 0.25) is 0 Å². The van der Waals surface area contributed by atoms with Crippen LogP contribution >= 0.6 is 11.3 Å². The van der Waals surface area contributed by atoms with Crippen molar-refractivity contribution in [3.63, 3.8) is 0 Å². The lowest BCUT2D eigenvalue weighted by molar-refractivity contribution is 0.680. The molecule has 2 rings (SSSR count). The van der Waals surface area contributed by atoms with E-state index in [1.165, 1.54) is 17.7 Å². The molecule has 2 aromatic heterocycles. The molecule has 0 aromatic carbocycles. The number of hydrogen-bond acceptors (Lipinski definition) is 5. The maximum Gasteiger partial charge on any atom is 0.137 e. The van der Waals surface area contributed by atoms with Gasteiger partial charge in [0.15, 0.2) is 0 Å². The average molecular weight is 205 g/mol. The molecular formula is C8H7N5S. The Morgan fingerprint density at radius 3 is 3.21 bits per heavy atom. The molecule has 6 heteroatoms. The Labute approximate surface area is 84.7 Å². The second-order valence-corrected chi connectivity index (χ2v) is 3.60. The lowest BCUT2D eigenvalue weighted by Crippen LogP contribution is -1.99. The van der Waals surface area contributed by atoms with Crippen molar-refractivity contribution in [3.8, 4) is 6.07 Å². The van der Waals surface area contributed by atoms with Gasteiger partial charge in [0.25, 0.3) is 0 Å². The normalized spacial score (nSPS) is 9.93. The quantitative estimate of drug-likeness (QED) is 0.745. The second-order valence-electron chi connectivity index (χ2n) is 2.66. The van der Waals surface area contributed by atoms with Crippen molar-refractivity contribution in [1.29, 1.82) is 5.26 Å². The zero-order valence-electron chi connectivity index (χ0n) is 7.29. The molecule has 0 radical (unpaired) electrons. The molecular weight excluding hydrogens is 198 g/mol. The molecule has 0 aliphatic carbocycles. The number of hydrogen-bond donors (Lipinski definition) is 0. The largest absolute Gasteiger partial charge is 0.246 e. The van der Waals surface area contributed by atoms with Gasteiger partial charge in [0.1, 0.15) is 17.7 Å². The van der Waals surface area contributed by atoms with E-state index in [9.17, 15) is 0 Å². The van der Waals surface area contributed by atoms with E-state index in [0.29, 0.717) is 13.0 Å². The van der Waals surface area contributed by atoms with Crippen LogP contribution in [0.15, 0.2) is 18.0 Å². The molecule has 0 N–H and O–H groups in total. The summed E-state index contributed by atoms with van der Waals surface area (Å²) in [7, 11) is 0. The van der Waals surface area contributed by atoms with Crippen LogP contribution in [0.3, 0.4) is 0 Å². The monoisotopic (exact) mass is 205 g/mol. The molecule has 0 spiro atoms. The van der Waals surface area contributed by atoms with E-state index in [-0.39, 0.29) is 0 Å². The van der Waals surface area contributed by atoms with Crippen molar-refractivity contribution in [2.24, 2.45) is 0 Å². The summed E-state index contributed by atoms with van der Waals surface area (Å²) >= 11 is 1.54. The molecule has 14 heavy (non-hydrogen) atoms. The highest BCUT2D eigenvalue weighted by Gasteiger charge is 2.02. The summed E-state index contributed by atoms with van der Waals surface area (Å²) in [4.78, 5) is 8.12. The highest BCUT2D eigenvalue weighted by molar-refractivity contribution is 7.09. The summed E-state index contributed by atoms with van der Waals surface area (Å²) in [6.07, 6.45) is 3.50. The Bertz CT molecular complexity index is 438. The molecule has 0 aliphatic rings. The minimum absolute atomic E-state index is 0.369. The number of thiazole rings is 1. The van der Waals surface area contributed by atoms with Crippen molar-refractivity contribution >= 4 is 11.3 Å². The van der Waals surface area contributed by atoms with Gasteiger partial charge in [-0.05, 0) is 0 Å². The molecule has 5 nitrogen and oxygen atoms in total. The predicted molar refractivity (Wildman–Crippen MR) is 50.6 cm³/mol. The van der Waals surface area contributed by atoms with E-state index in [1.54, 1.807) is 11.0 Å². The molecule has 70 valence electrons. The maximum absolute atomic E-state index is 8.47. The van der Waals surface area contributed by atoms with Crippen molar-refractivity contribution in [2.75, 3.05) is 0 Å². The Balaban J connectivity index is 2.07. The average Bonchev–Trinajstić information content (AvgIpc) is 2.79.